The smallest absolute Gasteiger partial charge is 0.411 e. The zero-order valence-corrected chi connectivity index (χ0v) is 16.9. The average molecular weight is 384 g/mol. The summed E-state index contributed by atoms with van der Waals surface area (Å²) in [5.74, 6) is 0.385. The van der Waals surface area contributed by atoms with Crippen molar-refractivity contribution in [3.8, 4) is 5.75 Å². The number of hydrogen-bond acceptors (Lipinski definition) is 4. The van der Waals surface area contributed by atoms with Crippen molar-refractivity contribution < 1.29 is 19.1 Å². The summed E-state index contributed by atoms with van der Waals surface area (Å²) >= 11 is 0. The van der Waals surface area contributed by atoms with Gasteiger partial charge in [-0.2, -0.15) is 0 Å². The minimum atomic E-state index is -0.530. The van der Waals surface area contributed by atoms with Crippen LogP contribution in [0.4, 0.5) is 10.5 Å². The SMILES string of the molecule is CCOC(=O)Nc1cccc(OCC(=O)N(Cc2ccccc2)C(C)(C)C)c1. The monoisotopic (exact) mass is 384 g/mol. The topological polar surface area (TPSA) is 67.9 Å². The van der Waals surface area contributed by atoms with Gasteiger partial charge in [0.05, 0.1) is 6.61 Å². The Labute approximate surface area is 166 Å². The number of carbonyl (C=O) groups is 2. The molecule has 0 unspecified atom stereocenters. The van der Waals surface area contributed by atoms with Gasteiger partial charge in [-0.3, -0.25) is 10.1 Å². The quantitative estimate of drug-likeness (QED) is 0.765. The van der Waals surface area contributed by atoms with E-state index in [2.05, 4.69) is 5.32 Å². The summed E-state index contributed by atoms with van der Waals surface area (Å²) in [5.41, 5.74) is 1.26. The molecule has 2 rings (SSSR count). The van der Waals surface area contributed by atoms with Crippen molar-refractivity contribution in [1.82, 2.24) is 4.90 Å². The van der Waals surface area contributed by atoms with Crippen LogP contribution in [0.5, 0.6) is 5.75 Å². The van der Waals surface area contributed by atoms with Gasteiger partial charge in [0.2, 0.25) is 0 Å². The number of hydrogen-bond donors (Lipinski definition) is 1. The number of ether oxygens (including phenoxy) is 2. The second kappa shape index (κ2) is 9.78. The summed E-state index contributed by atoms with van der Waals surface area (Å²) < 4.78 is 10.5. The first-order valence-corrected chi connectivity index (χ1v) is 9.30. The van der Waals surface area contributed by atoms with Gasteiger partial charge in [-0.15, -0.1) is 0 Å². The molecule has 0 aliphatic rings. The minimum Gasteiger partial charge on any atom is -0.484 e. The van der Waals surface area contributed by atoms with Crippen LogP contribution in [-0.4, -0.2) is 35.7 Å². The van der Waals surface area contributed by atoms with Gasteiger partial charge >= 0.3 is 6.09 Å². The van der Waals surface area contributed by atoms with E-state index in [0.29, 0.717) is 24.6 Å². The molecule has 2 aromatic rings. The molecule has 0 aliphatic carbocycles. The van der Waals surface area contributed by atoms with E-state index < -0.39 is 6.09 Å². The second-order valence-corrected chi connectivity index (χ2v) is 7.30. The predicted octanol–water partition coefficient (Wildman–Crippen LogP) is 4.46. The molecule has 0 atom stereocenters. The van der Waals surface area contributed by atoms with Gasteiger partial charge in [-0.25, -0.2) is 4.79 Å². The van der Waals surface area contributed by atoms with E-state index in [-0.39, 0.29) is 18.1 Å². The number of benzene rings is 2. The lowest BCUT2D eigenvalue weighted by molar-refractivity contribution is -0.139. The first-order chi connectivity index (χ1) is 13.3. The number of nitrogens with zero attached hydrogens (tertiary/aromatic N) is 1. The molecule has 0 spiro atoms. The van der Waals surface area contributed by atoms with Crippen LogP contribution in [0.1, 0.15) is 33.3 Å². The van der Waals surface area contributed by atoms with Crippen molar-refractivity contribution in [3.63, 3.8) is 0 Å². The van der Waals surface area contributed by atoms with Crippen molar-refractivity contribution in [1.29, 1.82) is 0 Å². The van der Waals surface area contributed by atoms with Crippen LogP contribution in [0, 0.1) is 0 Å². The van der Waals surface area contributed by atoms with Crippen LogP contribution in [-0.2, 0) is 16.1 Å². The molecule has 0 saturated carbocycles. The van der Waals surface area contributed by atoms with Gasteiger partial charge in [-0.1, -0.05) is 36.4 Å². The zero-order valence-electron chi connectivity index (χ0n) is 16.9. The normalized spacial score (nSPS) is 10.9. The number of rotatable bonds is 7. The Balaban J connectivity index is 2.01. The molecule has 6 heteroatoms. The highest BCUT2D eigenvalue weighted by Crippen LogP contribution is 2.20. The van der Waals surface area contributed by atoms with Crippen LogP contribution < -0.4 is 10.1 Å². The van der Waals surface area contributed by atoms with Gasteiger partial charge in [0.25, 0.3) is 5.91 Å². The maximum atomic E-state index is 12.8. The molecule has 6 nitrogen and oxygen atoms in total. The Bertz CT molecular complexity index is 785. The number of anilines is 1. The zero-order chi connectivity index (χ0) is 20.6. The fraction of sp³-hybridized carbons (Fsp3) is 0.364. The lowest BCUT2D eigenvalue weighted by Crippen LogP contribution is -2.47. The van der Waals surface area contributed by atoms with Gasteiger partial charge in [-0.05, 0) is 45.4 Å². The molecule has 2 amide bonds. The molecule has 0 aliphatic heterocycles. The molecular formula is C22H28N2O4. The summed E-state index contributed by atoms with van der Waals surface area (Å²) in [6.45, 7) is 8.44. The molecule has 150 valence electrons. The Morgan fingerprint density at radius 3 is 2.39 bits per heavy atom. The standard InChI is InChI=1S/C22H28N2O4/c1-5-27-21(26)23-18-12-9-13-19(14-18)28-16-20(25)24(22(2,3)4)15-17-10-7-6-8-11-17/h6-14H,5,15-16H2,1-4H3,(H,23,26). The molecule has 0 aromatic heterocycles. The van der Waals surface area contributed by atoms with Crippen LogP contribution in [0.15, 0.2) is 54.6 Å². The van der Waals surface area contributed by atoms with E-state index in [9.17, 15) is 9.59 Å². The van der Waals surface area contributed by atoms with Gasteiger partial charge < -0.3 is 14.4 Å². The van der Waals surface area contributed by atoms with E-state index in [1.807, 2.05) is 51.1 Å². The fourth-order valence-corrected chi connectivity index (χ4v) is 2.64. The highest BCUT2D eigenvalue weighted by atomic mass is 16.5. The van der Waals surface area contributed by atoms with Crippen LogP contribution in [0.2, 0.25) is 0 Å². The van der Waals surface area contributed by atoms with Crippen molar-refractivity contribution >= 4 is 17.7 Å². The molecular weight excluding hydrogens is 356 g/mol. The van der Waals surface area contributed by atoms with Gasteiger partial charge in [0.15, 0.2) is 6.61 Å². The van der Waals surface area contributed by atoms with E-state index in [4.69, 9.17) is 9.47 Å². The summed E-state index contributed by atoms with van der Waals surface area (Å²) in [6.07, 6.45) is -0.530. The molecule has 2 aromatic carbocycles. The van der Waals surface area contributed by atoms with Crippen LogP contribution in [0.25, 0.3) is 0 Å². The molecule has 0 fully saturated rings. The van der Waals surface area contributed by atoms with E-state index in [0.717, 1.165) is 5.56 Å². The van der Waals surface area contributed by atoms with Crippen molar-refractivity contribution in [2.75, 3.05) is 18.5 Å². The van der Waals surface area contributed by atoms with Crippen LogP contribution >= 0.6 is 0 Å². The summed E-state index contributed by atoms with van der Waals surface area (Å²) in [4.78, 5) is 26.1. The summed E-state index contributed by atoms with van der Waals surface area (Å²) in [7, 11) is 0. The molecule has 0 heterocycles. The molecule has 0 radical (unpaired) electrons. The van der Waals surface area contributed by atoms with Crippen molar-refractivity contribution in [2.45, 2.75) is 39.8 Å². The van der Waals surface area contributed by atoms with Gasteiger partial charge in [0, 0.05) is 23.8 Å². The fourth-order valence-electron chi connectivity index (χ4n) is 2.64. The van der Waals surface area contributed by atoms with Gasteiger partial charge in [0.1, 0.15) is 5.75 Å². The second-order valence-electron chi connectivity index (χ2n) is 7.30. The maximum Gasteiger partial charge on any atom is 0.411 e. The van der Waals surface area contributed by atoms with E-state index >= 15 is 0 Å². The summed E-state index contributed by atoms with van der Waals surface area (Å²) in [5, 5.41) is 2.61. The Morgan fingerprint density at radius 2 is 1.75 bits per heavy atom. The molecule has 0 saturated heterocycles. The lowest BCUT2D eigenvalue weighted by Gasteiger charge is -2.35. The first kappa shape index (κ1) is 21.3. The van der Waals surface area contributed by atoms with Crippen molar-refractivity contribution in [2.24, 2.45) is 0 Å². The van der Waals surface area contributed by atoms with E-state index in [1.165, 1.54) is 0 Å². The Morgan fingerprint density at radius 1 is 1.04 bits per heavy atom. The lowest BCUT2D eigenvalue weighted by atomic mass is 10.0. The van der Waals surface area contributed by atoms with Crippen molar-refractivity contribution in [3.05, 3.63) is 60.2 Å². The average Bonchev–Trinajstić information content (AvgIpc) is 2.64. The first-order valence-electron chi connectivity index (χ1n) is 9.30. The van der Waals surface area contributed by atoms with Crippen LogP contribution in [0.3, 0.4) is 0 Å². The number of amides is 2. The predicted molar refractivity (Wildman–Crippen MR) is 109 cm³/mol. The third-order valence-electron chi connectivity index (χ3n) is 4.01. The highest BCUT2D eigenvalue weighted by molar-refractivity contribution is 5.84. The molecule has 1 N–H and O–H groups in total. The third kappa shape index (κ3) is 6.61. The highest BCUT2D eigenvalue weighted by Gasteiger charge is 2.26. The molecule has 28 heavy (non-hydrogen) atoms. The van der Waals surface area contributed by atoms with E-state index in [1.54, 1.807) is 36.1 Å². The number of nitrogens with one attached hydrogen (secondary N) is 1. The summed E-state index contributed by atoms with van der Waals surface area (Å²) in [6, 6.07) is 16.7. The Kier molecular flexibility index (Phi) is 7.44. The minimum absolute atomic E-state index is 0.0903. The molecule has 0 bridgehead atoms. The third-order valence-corrected chi connectivity index (χ3v) is 4.01. The largest absolute Gasteiger partial charge is 0.484 e. The maximum absolute atomic E-state index is 12.8. The Hall–Kier alpha value is -3.02. The number of carbonyl (C=O) groups excluding carboxylic acids is 2.